The van der Waals surface area contributed by atoms with E-state index in [4.69, 9.17) is 24.2 Å². The number of carbonyl (C=O) groups is 2. The molecule has 0 radical (unpaired) electrons. The van der Waals surface area contributed by atoms with Crippen molar-refractivity contribution in [1.29, 1.82) is 5.26 Å². The van der Waals surface area contributed by atoms with Crippen LogP contribution in [0.3, 0.4) is 0 Å². The van der Waals surface area contributed by atoms with E-state index >= 15 is 0 Å². The molecule has 7 heteroatoms. The van der Waals surface area contributed by atoms with E-state index in [9.17, 15) is 9.59 Å². The summed E-state index contributed by atoms with van der Waals surface area (Å²) < 4.78 is 21.3. The third kappa shape index (κ3) is 3.33. The number of rotatable bonds is 6. The second kappa shape index (κ2) is 7.22. The summed E-state index contributed by atoms with van der Waals surface area (Å²) in [6.07, 6.45) is 0. The number of esters is 2. The molecule has 27 heavy (non-hydrogen) atoms. The fraction of sp³-hybridized carbons (Fsp3) is 0.150. The minimum atomic E-state index is -1.77. The maximum absolute atomic E-state index is 12.2. The summed E-state index contributed by atoms with van der Waals surface area (Å²) in [6, 6.07) is 16.8. The van der Waals surface area contributed by atoms with E-state index in [-0.39, 0.29) is 11.1 Å². The largest absolute Gasteiger partial charge is 0.465 e. The molecule has 0 aromatic heterocycles. The first-order valence-corrected chi connectivity index (χ1v) is 7.91. The molecule has 2 aromatic rings. The molecule has 0 aliphatic heterocycles. The highest BCUT2D eigenvalue weighted by Gasteiger charge is 2.68. The molecule has 0 spiro atoms. The normalized spacial score (nSPS) is 14.0. The summed E-state index contributed by atoms with van der Waals surface area (Å²) in [5.41, 5.74) is 0.278. The Morgan fingerprint density at radius 2 is 1.30 bits per heavy atom. The van der Waals surface area contributed by atoms with Crippen molar-refractivity contribution in [1.82, 2.24) is 0 Å². The summed E-state index contributed by atoms with van der Waals surface area (Å²) in [5, 5.41) is 8.92. The van der Waals surface area contributed by atoms with E-state index in [2.05, 4.69) is 0 Å². The number of nitrogens with zero attached hydrogens (tertiary/aromatic N) is 1. The number of hydrogen-bond acceptors (Lipinski definition) is 7. The molecule has 0 fully saturated rings. The van der Waals surface area contributed by atoms with Crippen LogP contribution in [-0.2, 0) is 19.1 Å². The lowest BCUT2D eigenvalue weighted by atomic mass is 10.2. The molecule has 0 bridgehead atoms. The lowest BCUT2D eigenvalue weighted by Gasteiger charge is -2.23. The fourth-order valence-electron chi connectivity index (χ4n) is 2.57. The van der Waals surface area contributed by atoms with Crippen molar-refractivity contribution in [3.8, 4) is 17.6 Å². The zero-order chi connectivity index (χ0) is 19.4. The van der Waals surface area contributed by atoms with E-state index in [0.29, 0.717) is 17.1 Å². The third-order valence-electron chi connectivity index (χ3n) is 3.87. The maximum atomic E-state index is 12.2. The topological polar surface area (TPSA) is 94.9 Å². The van der Waals surface area contributed by atoms with E-state index in [1.807, 2.05) is 6.07 Å². The first kappa shape index (κ1) is 18.0. The first-order valence-electron chi connectivity index (χ1n) is 7.91. The molecule has 0 saturated heterocycles. The van der Waals surface area contributed by atoms with Crippen LogP contribution in [0.25, 0.3) is 0 Å². The zero-order valence-electron chi connectivity index (χ0n) is 14.6. The molecule has 2 aromatic carbocycles. The Morgan fingerprint density at radius 3 is 1.74 bits per heavy atom. The van der Waals surface area contributed by atoms with Crippen molar-refractivity contribution in [2.75, 3.05) is 14.2 Å². The average Bonchev–Trinajstić information content (AvgIpc) is 3.35. The third-order valence-corrected chi connectivity index (χ3v) is 3.87. The quantitative estimate of drug-likeness (QED) is 0.573. The predicted octanol–water partition coefficient (Wildman–Crippen LogP) is 2.37. The number of nitriles is 1. The Kier molecular flexibility index (Phi) is 4.81. The number of ether oxygens (including phenoxy) is 4. The van der Waals surface area contributed by atoms with Gasteiger partial charge in [-0.1, -0.05) is 18.2 Å². The van der Waals surface area contributed by atoms with Gasteiger partial charge in [0, 0.05) is 0 Å². The smallest absolute Gasteiger partial charge is 0.342 e. The molecule has 0 heterocycles. The molecule has 3 rings (SSSR count). The predicted molar refractivity (Wildman–Crippen MR) is 92.6 cm³/mol. The molecule has 0 unspecified atom stereocenters. The van der Waals surface area contributed by atoms with Gasteiger partial charge in [-0.15, -0.1) is 0 Å². The maximum Gasteiger partial charge on any atom is 0.342 e. The Hall–Kier alpha value is -3.79. The fourth-order valence-corrected chi connectivity index (χ4v) is 2.57. The average molecular weight is 365 g/mol. The van der Waals surface area contributed by atoms with Gasteiger partial charge < -0.3 is 18.9 Å². The molecule has 0 amide bonds. The van der Waals surface area contributed by atoms with Crippen LogP contribution in [0.4, 0.5) is 0 Å². The zero-order valence-corrected chi connectivity index (χ0v) is 14.6. The number of benzene rings is 2. The summed E-state index contributed by atoms with van der Waals surface area (Å²) in [6.45, 7) is 0. The number of hydrogen-bond donors (Lipinski definition) is 0. The summed E-state index contributed by atoms with van der Waals surface area (Å²) in [4.78, 5) is 24.4. The van der Waals surface area contributed by atoms with Crippen LogP contribution >= 0.6 is 0 Å². The van der Waals surface area contributed by atoms with E-state index in [1.165, 1.54) is 26.4 Å². The van der Waals surface area contributed by atoms with Crippen molar-refractivity contribution >= 4 is 11.9 Å². The molecular weight excluding hydrogens is 350 g/mol. The van der Waals surface area contributed by atoms with Gasteiger partial charge in [0.25, 0.3) is 0 Å². The molecule has 1 aliphatic rings. The van der Waals surface area contributed by atoms with Crippen LogP contribution in [0.5, 0.6) is 11.5 Å². The van der Waals surface area contributed by atoms with Crippen LogP contribution in [-0.4, -0.2) is 31.9 Å². The molecule has 1 aliphatic carbocycles. The van der Waals surface area contributed by atoms with Crippen molar-refractivity contribution in [3.63, 3.8) is 0 Å². The van der Waals surface area contributed by atoms with Crippen LogP contribution in [0.15, 0.2) is 65.7 Å². The lowest BCUT2D eigenvalue weighted by molar-refractivity contribution is -0.138. The molecule has 0 atom stereocenters. The second-order valence-corrected chi connectivity index (χ2v) is 5.50. The van der Waals surface area contributed by atoms with Gasteiger partial charge >= 0.3 is 17.7 Å². The first-order chi connectivity index (χ1) is 13.1. The van der Waals surface area contributed by atoms with Gasteiger partial charge in [0.05, 0.1) is 25.9 Å². The van der Waals surface area contributed by atoms with Crippen LogP contribution in [0, 0.1) is 11.3 Å². The minimum Gasteiger partial charge on any atom is -0.465 e. The standard InChI is InChI=1S/C20H15NO6/c1-24-18(22)16-17(19(23)25-2)20(16,26-14-6-4-3-5-7-14)27-15-10-8-13(12-21)9-11-15/h3-11H,1-2H3. The molecule has 136 valence electrons. The summed E-state index contributed by atoms with van der Waals surface area (Å²) >= 11 is 0. The van der Waals surface area contributed by atoms with Gasteiger partial charge in [0.1, 0.15) is 22.6 Å². The van der Waals surface area contributed by atoms with Gasteiger partial charge in [-0.3, -0.25) is 0 Å². The lowest BCUT2D eigenvalue weighted by Crippen LogP contribution is -2.35. The van der Waals surface area contributed by atoms with Crippen molar-refractivity contribution in [3.05, 3.63) is 71.3 Å². The van der Waals surface area contributed by atoms with Crippen molar-refractivity contribution < 1.29 is 28.5 Å². The summed E-state index contributed by atoms with van der Waals surface area (Å²) in [5.74, 6) is -2.62. The molecule has 7 nitrogen and oxygen atoms in total. The number of para-hydroxylation sites is 1. The Morgan fingerprint density at radius 1 is 0.815 bits per heavy atom. The highest BCUT2D eigenvalue weighted by atomic mass is 16.7. The Balaban J connectivity index is 2.00. The minimum absolute atomic E-state index is 0.0786. The highest BCUT2D eigenvalue weighted by molar-refractivity contribution is 6.13. The monoisotopic (exact) mass is 365 g/mol. The van der Waals surface area contributed by atoms with Crippen molar-refractivity contribution in [2.24, 2.45) is 0 Å². The number of carbonyl (C=O) groups excluding carboxylic acids is 2. The molecule has 0 N–H and O–H groups in total. The summed E-state index contributed by atoms with van der Waals surface area (Å²) in [7, 11) is 2.38. The molecular formula is C20H15NO6. The second-order valence-electron chi connectivity index (χ2n) is 5.50. The van der Waals surface area contributed by atoms with E-state index in [1.54, 1.807) is 42.5 Å². The van der Waals surface area contributed by atoms with E-state index in [0.717, 1.165) is 0 Å². The van der Waals surface area contributed by atoms with Gasteiger partial charge in [-0.2, -0.15) is 5.26 Å². The number of methoxy groups -OCH3 is 2. The van der Waals surface area contributed by atoms with Crippen LogP contribution in [0.2, 0.25) is 0 Å². The molecule has 0 saturated carbocycles. The van der Waals surface area contributed by atoms with Crippen molar-refractivity contribution in [2.45, 2.75) is 5.79 Å². The van der Waals surface area contributed by atoms with Crippen LogP contribution < -0.4 is 9.47 Å². The van der Waals surface area contributed by atoms with Gasteiger partial charge in [-0.05, 0) is 36.4 Å². The SMILES string of the molecule is COC(=O)C1=C(C(=O)OC)C1(Oc1ccccc1)Oc1ccc(C#N)cc1. The van der Waals surface area contributed by atoms with Gasteiger partial charge in [0.15, 0.2) is 0 Å². The Bertz CT molecular complexity index is 915. The highest BCUT2D eigenvalue weighted by Crippen LogP contribution is 2.49. The Labute approximate surface area is 155 Å². The van der Waals surface area contributed by atoms with Crippen LogP contribution in [0.1, 0.15) is 5.56 Å². The van der Waals surface area contributed by atoms with Gasteiger partial charge in [0.2, 0.25) is 0 Å². The van der Waals surface area contributed by atoms with Gasteiger partial charge in [-0.25, -0.2) is 9.59 Å². The van der Waals surface area contributed by atoms with E-state index < -0.39 is 17.7 Å².